The normalized spacial score (nSPS) is 25.9. The van der Waals surface area contributed by atoms with Crippen molar-refractivity contribution < 1.29 is 13.2 Å². The molecule has 0 aromatic heterocycles. The van der Waals surface area contributed by atoms with E-state index in [1.807, 2.05) is 14.1 Å². The van der Waals surface area contributed by atoms with Crippen LogP contribution in [0.1, 0.15) is 39.5 Å². The van der Waals surface area contributed by atoms with Gasteiger partial charge in [-0.1, -0.05) is 20.3 Å². The Morgan fingerprint density at radius 3 is 2.32 bits per heavy atom. The highest BCUT2D eigenvalue weighted by Crippen LogP contribution is 2.37. The van der Waals surface area contributed by atoms with Crippen LogP contribution in [0.15, 0.2) is 0 Å². The second-order valence-corrected chi connectivity index (χ2v) is 6.88. The zero-order valence-corrected chi connectivity index (χ0v) is 12.5. The Labute approximate surface area is 114 Å². The molecule has 0 aromatic rings. The maximum atomic E-state index is 12.7. The summed E-state index contributed by atoms with van der Waals surface area (Å²) in [4.78, 5) is 2.11. The van der Waals surface area contributed by atoms with Gasteiger partial charge in [-0.2, -0.15) is 13.2 Å². The van der Waals surface area contributed by atoms with E-state index >= 15 is 0 Å². The second kappa shape index (κ2) is 6.44. The van der Waals surface area contributed by atoms with Crippen LogP contribution in [0.4, 0.5) is 13.2 Å². The van der Waals surface area contributed by atoms with Gasteiger partial charge in [0.1, 0.15) is 0 Å². The van der Waals surface area contributed by atoms with Gasteiger partial charge in [-0.05, 0) is 38.8 Å². The van der Waals surface area contributed by atoms with Crippen molar-refractivity contribution in [2.45, 2.75) is 51.7 Å². The average Bonchev–Trinajstić information content (AvgIpc) is 2.24. The largest absolute Gasteiger partial charge is 0.391 e. The molecule has 2 nitrogen and oxygen atoms in total. The van der Waals surface area contributed by atoms with Gasteiger partial charge < -0.3 is 10.2 Å². The molecule has 1 rings (SSSR count). The van der Waals surface area contributed by atoms with Crippen molar-refractivity contribution in [3.8, 4) is 0 Å². The van der Waals surface area contributed by atoms with Gasteiger partial charge in [0.05, 0.1) is 5.92 Å². The highest BCUT2D eigenvalue weighted by Gasteiger charge is 2.42. The molecule has 0 bridgehead atoms. The average molecular weight is 280 g/mol. The van der Waals surface area contributed by atoms with Crippen LogP contribution in [0, 0.1) is 11.3 Å². The van der Waals surface area contributed by atoms with Gasteiger partial charge in [0, 0.05) is 19.1 Å². The molecule has 0 saturated heterocycles. The number of halogens is 3. The monoisotopic (exact) mass is 280 g/mol. The summed E-state index contributed by atoms with van der Waals surface area (Å²) in [6.45, 7) is 5.98. The molecule has 2 unspecified atom stereocenters. The van der Waals surface area contributed by atoms with E-state index in [-0.39, 0.29) is 17.9 Å². The highest BCUT2D eigenvalue weighted by molar-refractivity contribution is 4.84. The van der Waals surface area contributed by atoms with E-state index in [0.29, 0.717) is 12.8 Å². The van der Waals surface area contributed by atoms with Crippen LogP contribution >= 0.6 is 0 Å². The fourth-order valence-corrected chi connectivity index (χ4v) is 3.01. The zero-order chi connectivity index (χ0) is 14.7. The molecular weight excluding hydrogens is 253 g/mol. The number of nitrogens with zero attached hydrogens (tertiary/aromatic N) is 1. The molecule has 0 amide bonds. The molecule has 1 fully saturated rings. The Bertz CT molecular complexity index is 274. The Morgan fingerprint density at radius 1 is 1.16 bits per heavy atom. The Hall–Kier alpha value is -0.290. The molecule has 2 atom stereocenters. The molecule has 5 heteroatoms. The van der Waals surface area contributed by atoms with Crippen molar-refractivity contribution in [3.05, 3.63) is 0 Å². The maximum Gasteiger partial charge on any atom is 0.391 e. The summed E-state index contributed by atoms with van der Waals surface area (Å²) in [5.74, 6) is -1.12. The van der Waals surface area contributed by atoms with Crippen molar-refractivity contribution in [1.82, 2.24) is 10.2 Å². The summed E-state index contributed by atoms with van der Waals surface area (Å²) in [7, 11) is 4.03. The lowest BCUT2D eigenvalue weighted by molar-refractivity contribution is -0.183. The first-order valence-corrected chi connectivity index (χ1v) is 7.05. The van der Waals surface area contributed by atoms with Crippen LogP contribution in [0.5, 0.6) is 0 Å². The molecule has 1 aliphatic carbocycles. The maximum absolute atomic E-state index is 12.7. The molecule has 0 aliphatic heterocycles. The van der Waals surface area contributed by atoms with Crippen LogP contribution in [-0.4, -0.2) is 44.3 Å². The SMILES string of the molecule is CN(C)CC(C)(C)CNC1CCCC(C(F)(F)F)C1. The zero-order valence-electron chi connectivity index (χ0n) is 12.5. The Balaban J connectivity index is 2.41. The molecular formula is C14H27F3N2. The highest BCUT2D eigenvalue weighted by atomic mass is 19.4. The van der Waals surface area contributed by atoms with E-state index in [2.05, 4.69) is 24.1 Å². The summed E-state index contributed by atoms with van der Waals surface area (Å²) in [6.07, 6.45) is -1.95. The molecule has 0 heterocycles. The molecule has 1 aliphatic rings. The van der Waals surface area contributed by atoms with Crippen molar-refractivity contribution in [2.75, 3.05) is 27.2 Å². The van der Waals surface area contributed by atoms with Gasteiger partial charge in [-0.3, -0.25) is 0 Å². The van der Waals surface area contributed by atoms with Gasteiger partial charge in [0.25, 0.3) is 0 Å². The molecule has 1 N–H and O–H groups in total. The lowest BCUT2D eigenvalue weighted by atomic mass is 9.84. The molecule has 19 heavy (non-hydrogen) atoms. The minimum atomic E-state index is -4.03. The van der Waals surface area contributed by atoms with Gasteiger partial charge in [0.2, 0.25) is 0 Å². The van der Waals surface area contributed by atoms with Crippen LogP contribution in [0.2, 0.25) is 0 Å². The lowest BCUT2D eigenvalue weighted by Gasteiger charge is -2.35. The molecule has 0 radical (unpaired) electrons. The van der Waals surface area contributed by atoms with E-state index in [1.54, 1.807) is 0 Å². The third-order valence-electron chi connectivity index (χ3n) is 3.75. The third-order valence-corrected chi connectivity index (χ3v) is 3.75. The summed E-state index contributed by atoms with van der Waals surface area (Å²) in [5, 5.41) is 3.34. The van der Waals surface area contributed by atoms with E-state index < -0.39 is 12.1 Å². The van der Waals surface area contributed by atoms with Crippen molar-refractivity contribution in [2.24, 2.45) is 11.3 Å². The number of rotatable bonds is 5. The molecule has 1 saturated carbocycles. The van der Waals surface area contributed by atoms with Gasteiger partial charge in [-0.15, -0.1) is 0 Å². The molecule has 114 valence electrons. The predicted octanol–water partition coefficient (Wildman–Crippen LogP) is 3.28. The van der Waals surface area contributed by atoms with Gasteiger partial charge in [-0.25, -0.2) is 0 Å². The van der Waals surface area contributed by atoms with Crippen LogP contribution < -0.4 is 5.32 Å². The topological polar surface area (TPSA) is 15.3 Å². The second-order valence-electron chi connectivity index (χ2n) is 6.88. The summed E-state index contributed by atoms with van der Waals surface area (Å²) < 4.78 is 38.2. The summed E-state index contributed by atoms with van der Waals surface area (Å²) >= 11 is 0. The van der Waals surface area contributed by atoms with Crippen molar-refractivity contribution >= 4 is 0 Å². The fraction of sp³-hybridized carbons (Fsp3) is 1.00. The standard InChI is InChI=1S/C14H27F3N2/c1-13(2,10-19(3)4)9-18-12-7-5-6-11(8-12)14(15,16)17/h11-12,18H,5-10H2,1-4H3. The minimum Gasteiger partial charge on any atom is -0.313 e. The predicted molar refractivity (Wildman–Crippen MR) is 72.1 cm³/mol. The van der Waals surface area contributed by atoms with Crippen LogP contribution in [0.3, 0.4) is 0 Å². The summed E-state index contributed by atoms with van der Waals surface area (Å²) in [6, 6.07) is 0.0156. The molecule has 0 spiro atoms. The number of nitrogens with one attached hydrogen (secondary N) is 1. The van der Waals surface area contributed by atoms with E-state index in [1.165, 1.54) is 0 Å². The number of alkyl halides is 3. The summed E-state index contributed by atoms with van der Waals surface area (Å²) in [5.41, 5.74) is 0.0781. The Morgan fingerprint density at radius 2 is 1.79 bits per heavy atom. The first-order chi connectivity index (χ1) is 8.60. The third kappa shape index (κ3) is 6.13. The van der Waals surface area contributed by atoms with Crippen molar-refractivity contribution in [3.63, 3.8) is 0 Å². The first kappa shape index (κ1) is 16.8. The van der Waals surface area contributed by atoms with Crippen LogP contribution in [-0.2, 0) is 0 Å². The Kier molecular flexibility index (Phi) is 5.68. The number of hydrogen-bond donors (Lipinski definition) is 1. The quantitative estimate of drug-likeness (QED) is 0.831. The smallest absolute Gasteiger partial charge is 0.313 e. The van der Waals surface area contributed by atoms with E-state index in [4.69, 9.17) is 0 Å². The van der Waals surface area contributed by atoms with Crippen molar-refractivity contribution in [1.29, 1.82) is 0 Å². The first-order valence-electron chi connectivity index (χ1n) is 7.05. The van der Waals surface area contributed by atoms with Gasteiger partial charge >= 0.3 is 6.18 Å². The van der Waals surface area contributed by atoms with E-state index in [0.717, 1.165) is 19.5 Å². The minimum absolute atomic E-state index is 0.0156. The van der Waals surface area contributed by atoms with Crippen LogP contribution in [0.25, 0.3) is 0 Å². The van der Waals surface area contributed by atoms with Gasteiger partial charge in [0.15, 0.2) is 0 Å². The van der Waals surface area contributed by atoms with E-state index in [9.17, 15) is 13.2 Å². The fourth-order valence-electron chi connectivity index (χ4n) is 3.01. The number of hydrogen-bond acceptors (Lipinski definition) is 2. The molecule has 0 aromatic carbocycles. The lowest BCUT2D eigenvalue weighted by Crippen LogP contribution is -2.44.